The molecule has 1 fully saturated rings. The quantitative estimate of drug-likeness (QED) is 0.185. The van der Waals surface area contributed by atoms with E-state index in [4.69, 9.17) is 23.8 Å². The van der Waals surface area contributed by atoms with Crippen molar-refractivity contribution in [1.82, 2.24) is 14.3 Å². The second-order valence-corrected chi connectivity index (χ2v) is 11.4. The molecule has 2 aliphatic rings. The number of benzene rings is 3. The van der Waals surface area contributed by atoms with Gasteiger partial charge in [0.05, 0.1) is 24.6 Å². The molecule has 1 saturated heterocycles. The van der Waals surface area contributed by atoms with Crippen LogP contribution in [0, 0.1) is 5.92 Å². The molecule has 2 N–H and O–H groups in total. The molecule has 1 aromatic heterocycles. The highest BCUT2D eigenvalue weighted by Gasteiger charge is 2.34. The third-order valence-electron chi connectivity index (χ3n) is 8.29. The van der Waals surface area contributed by atoms with Crippen LogP contribution in [0.4, 0.5) is 0 Å². The summed E-state index contributed by atoms with van der Waals surface area (Å²) in [6.07, 6.45) is 1.80. The number of nitrogens with zero attached hydrogens (tertiary/aromatic N) is 3. The molecule has 0 aliphatic carbocycles. The van der Waals surface area contributed by atoms with Crippen LogP contribution < -0.4 is 20.9 Å². The van der Waals surface area contributed by atoms with Crippen molar-refractivity contribution in [3.8, 4) is 17.2 Å². The number of hydrogen-bond donors (Lipinski definition) is 2. The van der Waals surface area contributed by atoms with E-state index in [1.54, 1.807) is 38.3 Å². The van der Waals surface area contributed by atoms with E-state index in [9.17, 15) is 14.7 Å². The van der Waals surface area contributed by atoms with Gasteiger partial charge in [-0.05, 0) is 61.4 Å². The molecule has 0 saturated carbocycles. The highest BCUT2D eigenvalue weighted by molar-refractivity contribution is 5.90. The molecular weight excluding hydrogens is 604 g/mol. The topological polar surface area (TPSA) is 139 Å². The van der Waals surface area contributed by atoms with Crippen molar-refractivity contribution in [2.45, 2.75) is 57.0 Å². The van der Waals surface area contributed by atoms with Crippen LogP contribution in [0.3, 0.4) is 0 Å². The van der Waals surface area contributed by atoms with Crippen molar-refractivity contribution >= 4 is 5.71 Å². The largest absolute Gasteiger partial charge is 0.497 e. The minimum Gasteiger partial charge on any atom is -0.497 e. The van der Waals surface area contributed by atoms with Crippen LogP contribution in [-0.4, -0.2) is 63.5 Å². The maximum absolute atomic E-state index is 13.1. The van der Waals surface area contributed by atoms with Crippen LogP contribution in [0.2, 0.25) is 0 Å². The third-order valence-corrected chi connectivity index (χ3v) is 8.29. The molecule has 12 heteroatoms. The number of hydrogen-bond acceptors (Lipinski definition) is 9. The Morgan fingerprint density at radius 1 is 0.936 bits per heavy atom. The number of ether oxygens (including phenoxy) is 4. The minimum absolute atomic E-state index is 0.0761. The van der Waals surface area contributed by atoms with Crippen molar-refractivity contribution in [2.75, 3.05) is 13.7 Å². The van der Waals surface area contributed by atoms with E-state index in [0.29, 0.717) is 23.6 Å². The van der Waals surface area contributed by atoms with Crippen molar-refractivity contribution in [3.05, 3.63) is 124 Å². The Bertz CT molecular complexity index is 1780. The lowest BCUT2D eigenvalue weighted by Crippen LogP contribution is -2.42. The Hall–Kier alpha value is -4.91. The van der Waals surface area contributed by atoms with Gasteiger partial charge in [-0.1, -0.05) is 59.8 Å². The van der Waals surface area contributed by atoms with Crippen molar-refractivity contribution in [2.24, 2.45) is 11.1 Å². The molecule has 0 unspecified atom stereocenters. The van der Waals surface area contributed by atoms with Crippen molar-refractivity contribution < 1.29 is 28.9 Å². The third kappa shape index (κ3) is 7.57. The zero-order valence-corrected chi connectivity index (χ0v) is 26.2. The molecule has 4 aromatic rings. The number of methoxy groups -OCH3 is 1. The first-order valence-corrected chi connectivity index (χ1v) is 15.6. The maximum atomic E-state index is 13.1. The number of aliphatic hydroxyl groups is 1. The van der Waals surface area contributed by atoms with E-state index >= 15 is 0 Å². The van der Waals surface area contributed by atoms with Gasteiger partial charge in [-0.15, -0.1) is 0 Å². The van der Waals surface area contributed by atoms with E-state index in [2.05, 4.69) is 10.3 Å². The van der Waals surface area contributed by atoms with Crippen LogP contribution in [0.1, 0.15) is 31.4 Å². The van der Waals surface area contributed by atoms with Gasteiger partial charge in [0.1, 0.15) is 36.4 Å². The molecule has 6 rings (SSSR count). The minimum atomic E-state index is -1.00. The zero-order chi connectivity index (χ0) is 32.8. The average molecular weight is 643 g/mol. The first-order valence-electron chi connectivity index (χ1n) is 15.6. The molecule has 0 bridgehead atoms. The number of para-hydroxylation sites is 1. The summed E-state index contributed by atoms with van der Waals surface area (Å²) in [4.78, 5) is 31.6. The van der Waals surface area contributed by atoms with Gasteiger partial charge in [0, 0.05) is 18.9 Å². The van der Waals surface area contributed by atoms with Gasteiger partial charge in [0.15, 0.2) is 6.29 Å². The molecule has 246 valence electrons. The van der Waals surface area contributed by atoms with E-state index in [1.807, 2.05) is 72.8 Å². The van der Waals surface area contributed by atoms with Crippen LogP contribution in [0.25, 0.3) is 5.69 Å². The number of aliphatic hydroxyl groups excluding tert-OH is 1. The lowest BCUT2D eigenvalue weighted by atomic mass is 9.90. The number of aromatic amines is 1. The Kier molecular flexibility index (Phi) is 10.0. The first-order chi connectivity index (χ1) is 22.9. The van der Waals surface area contributed by atoms with Gasteiger partial charge in [0.25, 0.3) is 0 Å². The molecule has 0 radical (unpaired) electrons. The summed E-state index contributed by atoms with van der Waals surface area (Å²) >= 11 is 0. The number of nitrogens with one attached hydrogen (secondary N) is 1. The summed E-state index contributed by atoms with van der Waals surface area (Å²) in [5.74, 6) is 1.09. The highest BCUT2D eigenvalue weighted by atomic mass is 16.7. The highest BCUT2D eigenvalue weighted by Crippen LogP contribution is 2.30. The van der Waals surface area contributed by atoms with Crippen LogP contribution >= 0.6 is 0 Å². The lowest BCUT2D eigenvalue weighted by Gasteiger charge is -2.33. The summed E-state index contributed by atoms with van der Waals surface area (Å²) in [6.45, 7) is 2.06. The smallest absolute Gasteiger partial charge is 0.351 e. The molecule has 0 spiro atoms. The number of oxime groups is 1. The molecule has 3 heterocycles. The van der Waals surface area contributed by atoms with Gasteiger partial charge < -0.3 is 28.9 Å². The molecule has 6 atom stereocenters. The Labute approximate surface area is 271 Å². The van der Waals surface area contributed by atoms with Gasteiger partial charge in [0.2, 0.25) is 0 Å². The van der Waals surface area contributed by atoms with Gasteiger partial charge in [-0.2, -0.15) is 0 Å². The van der Waals surface area contributed by atoms with E-state index in [1.165, 1.54) is 4.68 Å². The van der Waals surface area contributed by atoms with Gasteiger partial charge in [-0.25, -0.2) is 23.9 Å². The second-order valence-electron chi connectivity index (χ2n) is 11.4. The van der Waals surface area contributed by atoms with Gasteiger partial charge >= 0.3 is 11.4 Å². The normalized spacial score (nSPS) is 25.0. The Morgan fingerprint density at radius 2 is 1.64 bits per heavy atom. The van der Waals surface area contributed by atoms with Crippen LogP contribution in [0.15, 0.2) is 112 Å². The summed E-state index contributed by atoms with van der Waals surface area (Å²) in [5.41, 5.74) is 1.06. The summed E-state index contributed by atoms with van der Waals surface area (Å²) in [7, 11) is 1.61. The standard InChI is InChI=1S/C35H38N4O8/c1-23-33(25(21-32(40)45-23)19-20-38-35(42)39(34(41)36-38)26-11-7-4-8-12-26)37-44-22-31-30(46-28-15-13-27(43-2)14-16-28)18-17-29(47-31)24-9-5-3-6-10-24/h3-18,23,25,29-32,40H,19-22H2,1-2H3,(H,36,41)/b37-33+/t23-,25-,29-,30-,31+,32+/m0/s1. The molecule has 12 nitrogen and oxygen atoms in total. The fraction of sp³-hybridized carbons (Fsp3) is 0.343. The van der Waals surface area contributed by atoms with Crippen LogP contribution in [-0.2, 0) is 20.9 Å². The Balaban J connectivity index is 1.17. The summed E-state index contributed by atoms with van der Waals surface area (Å²) in [5, 5.41) is 17.5. The molecule has 0 amide bonds. The summed E-state index contributed by atoms with van der Waals surface area (Å²) in [6, 6.07) is 25.9. The number of aryl methyl sites for hydroxylation is 1. The zero-order valence-electron chi connectivity index (χ0n) is 26.2. The monoisotopic (exact) mass is 642 g/mol. The SMILES string of the molecule is COc1ccc(O[C@H]2C=C[C@@H](c3ccccc3)O[C@@H]2CO/N=C2/[C@@H](CCn3[nH]c(=O)n(-c4ccccc4)c3=O)C[C@H](O)O[C@H]2C)cc1. The molecular formula is C35H38N4O8. The van der Waals surface area contributed by atoms with E-state index < -0.39 is 36.0 Å². The van der Waals surface area contributed by atoms with E-state index in [0.717, 1.165) is 15.9 Å². The lowest BCUT2D eigenvalue weighted by molar-refractivity contribution is -0.135. The molecule has 2 aliphatic heterocycles. The number of H-pyrrole nitrogens is 1. The fourth-order valence-electron chi connectivity index (χ4n) is 5.86. The fourth-order valence-corrected chi connectivity index (χ4v) is 5.86. The number of aromatic nitrogens is 3. The van der Waals surface area contributed by atoms with E-state index in [-0.39, 0.29) is 31.6 Å². The second kappa shape index (κ2) is 14.7. The predicted molar refractivity (Wildman–Crippen MR) is 174 cm³/mol. The maximum Gasteiger partial charge on any atom is 0.351 e. The summed E-state index contributed by atoms with van der Waals surface area (Å²) < 4.78 is 26.0. The predicted octanol–water partition coefficient (Wildman–Crippen LogP) is 3.99. The van der Waals surface area contributed by atoms with Gasteiger partial charge in [-0.3, -0.25) is 0 Å². The number of rotatable bonds is 11. The average Bonchev–Trinajstić information content (AvgIpc) is 3.38. The van der Waals surface area contributed by atoms with Crippen molar-refractivity contribution in [1.29, 1.82) is 0 Å². The molecule has 3 aromatic carbocycles. The first kappa shape index (κ1) is 32.0. The molecule has 47 heavy (non-hydrogen) atoms. The van der Waals surface area contributed by atoms with Crippen LogP contribution in [0.5, 0.6) is 11.5 Å². The van der Waals surface area contributed by atoms with Crippen molar-refractivity contribution in [3.63, 3.8) is 0 Å². The Morgan fingerprint density at radius 3 is 2.36 bits per heavy atom.